The molecule has 4 nitrogen and oxygen atoms in total. The summed E-state index contributed by atoms with van der Waals surface area (Å²) in [6.07, 6.45) is 0. The van der Waals surface area contributed by atoms with E-state index in [0.717, 1.165) is 6.07 Å². The molecule has 0 aliphatic carbocycles. The molecule has 14 heavy (non-hydrogen) atoms. The van der Waals surface area contributed by atoms with Crippen LogP contribution in [0.3, 0.4) is 0 Å². The van der Waals surface area contributed by atoms with Gasteiger partial charge in [0.05, 0.1) is 11.1 Å². The molecule has 6 heteroatoms. The van der Waals surface area contributed by atoms with Crippen LogP contribution in [0.2, 0.25) is 0 Å². The summed E-state index contributed by atoms with van der Waals surface area (Å²) >= 11 is 0. The largest absolute Gasteiger partial charge is 0.478 e. The van der Waals surface area contributed by atoms with Crippen LogP contribution in [-0.2, 0) is 0 Å². The van der Waals surface area contributed by atoms with Gasteiger partial charge in [0.2, 0.25) is 0 Å². The van der Waals surface area contributed by atoms with E-state index in [1.165, 1.54) is 18.2 Å². The molecule has 0 spiro atoms. The molecule has 2 N–H and O–H groups in total. The van der Waals surface area contributed by atoms with Crippen molar-refractivity contribution in [3.05, 3.63) is 35.4 Å². The van der Waals surface area contributed by atoms with Gasteiger partial charge in [-0.2, -0.15) is 0 Å². The minimum atomic E-state index is -1.13. The van der Waals surface area contributed by atoms with Crippen LogP contribution < -0.4 is 0 Å². The smallest absolute Gasteiger partial charge is 0.335 e. The van der Waals surface area contributed by atoms with Crippen molar-refractivity contribution in [2.45, 2.75) is 0 Å². The van der Waals surface area contributed by atoms with Crippen molar-refractivity contribution in [2.24, 2.45) is 0 Å². The molecule has 1 aromatic rings. The van der Waals surface area contributed by atoms with Crippen molar-refractivity contribution in [3.8, 4) is 0 Å². The zero-order valence-corrected chi connectivity index (χ0v) is 8.02. The topological polar surface area (TPSA) is 74.6 Å². The van der Waals surface area contributed by atoms with Gasteiger partial charge < -0.3 is 10.2 Å². The van der Waals surface area contributed by atoms with Gasteiger partial charge in [-0.3, -0.25) is 0 Å². The monoisotopic (exact) mass is 180 g/mol. The van der Waals surface area contributed by atoms with Crippen molar-refractivity contribution in [3.63, 3.8) is 0 Å². The van der Waals surface area contributed by atoms with Gasteiger partial charge in [0, 0.05) is 37.7 Å². The number of hydrogen-bond donors (Lipinski definition) is 2. The molecule has 0 saturated heterocycles. The van der Waals surface area contributed by atoms with Crippen molar-refractivity contribution < 1.29 is 19.8 Å². The second kappa shape index (κ2) is 6.76. The second-order valence-corrected chi connectivity index (χ2v) is 2.19. The average Bonchev–Trinajstić information content (AvgIpc) is 2.04. The van der Waals surface area contributed by atoms with Crippen LogP contribution in [0.4, 0.5) is 0 Å². The molecule has 64 valence electrons. The molecule has 0 saturated carbocycles. The van der Waals surface area contributed by atoms with E-state index >= 15 is 0 Å². The maximum Gasteiger partial charge on any atom is 0.335 e. The van der Waals surface area contributed by atoms with Crippen LogP contribution >= 0.6 is 0 Å². The van der Waals surface area contributed by atoms with Crippen LogP contribution in [0.5, 0.6) is 0 Å². The zero-order valence-electron chi connectivity index (χ0n) is 8.02. The van der Waals surface area contributed by atoms with E-state index in [-0.39, 0.29) is 48.8 Å². The molecule has 2 radical (unpaired) electrons. The van der Waals surface area contributed by atoms with Gasteiger partial charge in [-0.25, -0.2) is 9.59 Å². The second-order valence-electron chi connectivity index (χ2n) is 2.19. The van der Waals surface area contributed by atoms with Crippen molar-refractivity contribution in [1.82, 2.24) is 0 Å². The molecular weight excluding hydrogens is 174 g/mol. The van der Waals surface area contributed by atoms with Gasteiger partial charge in [0.25, 0.3) is 0 Å². The summed E-state index contributed by atoms with van der Waals surface area (Å²) in [5.41, 5.74) is -0.0372. The van der Waals surface area contributed by atoms with E-state index in [2.05, 4.69) is 0 Å². The molecule has 0 aliphatic rings. The maximum absolute atomic E-state index is 10.4. The predicted molar refractivity (Wildman–Crippen MR) is 51.9 cm³/mol. The quantitative estimate of drug-likeness (QED) is 0.642. The zero-order chi connectivity index (χ0) is 9.14. The number of carboxylic acid groups (broad SMARTS) is 2. The Hall–Kier alpha value is -0.645. The summed E-state index contributed by atoms with van der Waals surface area (Å²) in [5.74, 6) is -2.25. The third-order valence-corrected chi connectivity index (χ3v) is 1.36. The summed E-state index contributed by atoms with van der Waals surface area (Å²) in [6.45, 7) is 0. The number of carboxylic acids is 2. The molecule has 1 aromatic carbocycles. The number of aromatic carboxylic acids is 2. The van der Waals surface area contributed by atoms with Crippen molar-refractivity contribution >= 4 is 49.7 Å². The van der Waals surface area contributed by atoms with Crippen LogP contribution in [0.15, 0.2) is 24.3 Å². The third-order valence-electron chi connectivity index (χ3n) is 1.36. The predicted octanol–water partition coefficient (Wildman–Crippen LogP) is 0.321. The summed E-state index contributed by atoms with van der Waals surface area (Å²) < 4.78 is 0. The fraction of sp³-hybridized carbons (Fsp3) is 0. The SMILES string of the molecule is O=C(O)c1cccc(C(=O)O)c1.[Li].[Li]. The van der Waals surface area contributed by atoms with E-state index in [9.17, 15) is 9.59 Å². The standard InChI is InChI=1S/C8H6O4.2Li/c9-7(10)5-2-1-3-6(4-5)8(11)12;;/h1-4H,(H,9,10)(H,11,12);;. The van der Waals surface area contributed by atoms with Gasteiger partial charge >= 0.3 is 11.9 Å². The van der Waals surface area contributed by atoms with Gasteiger partial charge in [-0.05, 0) is 18.2 Å². The fourth-order valence-corrected chi connectivity index (χ4v) is 0.785. The van der Waals surface area contributed by atoms with E-state index < -0.39 is 11.9 Å². The van der Waals surface area contributed by atoms with Crippen molar-refractivity contribution in [1.29, 1.82) is 0 Å². The van der Waals surface area contributed by atoms with Crippen molar-refractivity contribution in [2.75, 3.05) is 0 Å². The summed E-state index contributed by atoms with van der Waals surface area (Å²) in [5, 5.41) is 17.0. The molecule has 0 aliphatic heterocycles. The molecule has 1 rings (SSSR count). The molecule has 0 bridgehead atoms. The Labute approximate surface area is 105 Å². The minimum Gasteiger partial charge on any atom is -0.478 e. The first-order valence-electron chi connectivity index (χ1n) is 3.18. The number of rotatable bonds is 2. The van der Waals surface area contributed by atoms with Crippen LogP contribution in [-0.4, -0.2) is 59.9 Å². The first-order chi connectivity index (χ1) is 5.61. The molecule has 0 fully saturated rings. The van der Waals surface area contributed by atoms with Gasteiger partial charge in [-0.15, -0.1) is 0 Å². The van der Waals surface area contributed by atoms with E-state index in [4.69, 9.17) is 10.2 Å². The molecule has 0 amide bonds. The Kier molecular flexibility index (Phi) is 7.63. The Balaban J connectivity index is 0. The van der Waals surface area contributed by atoms with Crippen LogP contribution in [0.1, 0.15) is 20.7 Å². The normalized spacial score (nSPS) is 8.00. The van der Waals surface area contributed by atoms with E-state index in [1.807, 2.05) is 0 Å². The summed E-state index contributed by atoms with van der Waals surface area (Å²) in [7, 11) is 0. The molecule has 0 heterocycles. The minimum absolute atomic E-state index is 0. The van der Waals surface area contributed by atoms with Gasteiger partial charge in [0.1, 0.15) is 0 Å². The average molecular weight is 180 g/mol. The van der Waals surface area contributed by atoms with Gasteiger partial charge in [-0.1, -0.05) is 6.07 Å². The molecule has 0 unspecified atom stereocenters. The number of benzene rings is 1. The summed E-state index contributed by atoms with van der Waals surface area (Å²) in [4.78, 5) is 20.8. The Morgan fingerprint density at radius 1 is 0.929 bits per heavy atom. The fourth-order valence-electron chi connectivity index (χ4n) is 0.785. The first-order valence-corrected chi connectivity index (χ1v) is 3.18. The van der Waals surface area contributed by atoms with Crippen LogP contribution in [0, 0.1) is 0 Å². The third kappa shape index (κ3) is 4.04. The molecular formula is C8H6Li2O4. The Morgan fingerprint density at radius 2 is 1.29 bits per heavy atom. The Bertz CT molecular complexity index is 309. The number of carbonyl (C=O) groups is 2. The van der Waals surface area contributed by atoms with E-state index in [0.29, 0.717) is 0 Å². The first kappa shape index (κ1) is 15.8. The molecule has 0 atom stereocenters. The Morgan fingerprint density at radius 3 is 1.57 bits per heavy atom. The summed E-state index contributed by atoms with van der Waals surface area (Å²) in [6, 6.07) is 5.20. The van der Waals surface area contributed by atoms with Gasteiger partial charge in [0.15, 0.2) is 0 Å². The molecule has 0 aromatic heterocycles. The maximum atomic E-state index is 10.4. The number of hydrogen-bond acceptors (Lipinski definition) is 2. The van der Waals surface area contributed by atoms with E-state index in [1.54, 1.807) is 0 Å². The van der Waals surface area contributed by atoms with Crippen LogP contribution in [0.25, 0.3) is 0 Å².